The largest absolute Gasteiger partial charge is 0.489 e. The highest BCUT2D eigenvalue weighted by Gasteiger charge is 2.33. The van der Waals surface area contributed by atoms with E-state index < -0.39 is 17.8 Å². The van der Waals surface area contributed by atoms with Gasteiger partial charge in [-0.2, -0.15) is 0 Å². The molecular formula is C30H24ClFN2O4S. The van der Waals surface area contributed by atoms with E-state index in [0.29, 0.717) is 38.0 Å². The molecule has 0 fully saturated rings. The topological polar surface area (TPSA) is 69.9 Å². The Hall–Kier alpha value is -4.01. The summed E-state index contributed by atoms with van der Waals surface area (Å²) in [5.74, 6) is -0.292. The molecule has 0 saturated heterocycles. The van der Waals surface area contributed by atoms with Gasteiger partial charge in [0.15, 0.2) is 4.80 Å². The maximum absolute atomic E-state index is 13.7. The van der Waals surface area contributed by atoms with Crippen molar-refractivity contribution in [1.29, 1.82) is 0 Å². The normalized spacial score (nSPS) is 15.1. The Morgan fingerprint density at radius 3 is 2.56 bits per heavy atom. The Balaban J connectivity index is 1.49. The molecule has 0 N–H and O–H groups in total. The maximum Gasteiger partial charge on any atom is 0.338 e. The van der Waals surface area contributed by atoms with Crippen molar-refractivity contribution in [2.24, 2.45) is 4.99 Å². The van der Waals surface area contributed by atoms with Crippen molar-refractivity contribution in [2.45, 2.75) is 26.5 Å². The van der Waals surface area contributed by atoms with Crippen LogP contribution in [0.15, 0.2) is 93.9 Å². The number of thiazole rings is 1. The number of allylic oxidation sites excluding steroid dienone is 1. The number of esters is 1. The molecule has 0 radical (unpaired) electrons. The fourth-order valence-electron chi connectivity index (χ4n) is 4.36. The molecule has 1 aliphatic heterocycles. The summed E-state index contributed by atoms with van der Waals surface area (Å²) in [5, 5.41) is 0.652. The molecule has 0 amide bonds. The predicted octanol–water partition coefficient (Wildman–Crippen LogP) is 5.17. The summed E-state index contributed by atoms with van der Waals surface area (Å²) in [5.41, 5.74) is 2.75. The van der Waals surface area contributed by atoms with E-state index in [4.69, 9.17) is 21.1 Å². The smallest absolute Gasteiger partial charge is 0.338 e. The fraction of sp³-hybridized carbons (Fsp3) is 0.167. The van der Waals surface area contributed by atoms with Gasteiger partial charge in [-0.05, 0) is 73.0 Å². The average Bonchev–Trinajstić information content (AvgIpc) is 3.22. The Morgan fingerprint density at radius 1 is 1.13 bits per heavy atom. The van der Waals surface area contributed by atoms with Crippen LogP contribution in [0.5, 0.6) is 5.75 Å². The van der Waals surface area contributed by atoms with E-state index in [1.807, 2.05) is 48.5 Å². The Morgan fingerprint density at radius 2 is 1.87 bits per heavy atom. The lowest BCUT2D eigenvalue weighted by molar-refractivity contribution is -0.139. The van der Waals surface area contributed by atoms with Crippen molar-refractivity contribution in [3.63, 3.8) is 0 Å². The van der Waals surface area contributed by atoms with Crippen LogP contribution in [0, 0.1) is 5.82 Å². The number of halogens is 2. The fourth-order valence-corrected chi connectivity index (χ4v) is 5.62. The van der Waals surface area contributed by atoms with Crippen molar-refractivity contribution in [1.82, 2.24) is 4.57 Å². The highest BCUT2D eigenvalue weighted by atomic mass is 35.5. The summed E-state index contributed by atoms with van der Waals surface area (Å²) in [6, 6.07) is 19.8. The van der Waals surface area contributed by atoms with Crippen LogP contribution in [0.4, 0.5) is 4.39 Å². The first-order chi connectivity index (χ1) is 18.8. The first-order valence-electron chi connectivity index (χ1n) is 12.3. The molecule has 2 heterocycles. The number of nitrogens with zero attached hydrogens (tertiary/aromatic N) is 2. The SMILES string of the molecule is CCOC(=O)C1=C(C)N=c2s/c(=C\c3ccc(OCc4cccc(Cl)c4)cc3)c(=O)n2[C@@H]1c1ccc(F)cc1. The van der Waals surface area contributed by atoms with E-state index in [0.717, 1.165) is 11.1 Å². The second-order valence-corrected chi connectivity index (χ2v) is 10.3. The summed E-state index contributed by atoms with van der Waals surface area (Å²) in [4.78, 5) is 31.6. The standard InChI is InChI=1S/C30H24ClFN2O4S/c1-3-37-29(36)26-18(2)33-30-34(27(26)21-9-11-23(32)12-10-21)28(35)25(39-30)16-19-7-13-24(14-8-19)38-17-20-5-4-6-22(31)15-20/h4-16,27H,3,17H2,1-2H3/b25-16-/t27-/m1/s1. The summed E-state index contributed by atoms with van der Waals surface area (Å²) in [6.07, 6.45) is 1.77. The van der Waals surface area contributed by atoms with E-state index >= 15 is 0 Å². The van der Waals surface area contributed by atoms with Gasteiger partial charge < -0.3 is 9.47 Å². The second-order valence-electron chi connectivity index (χ2n) is 8.84. The predicted molar refractivity (Wildman–Crippen MR) is 149 cm³/mol. The third kappa shape index (κ3) is 5.72. The lowest BCUT2D eigenvalue weighted by atomic mass is 9.96. The van der Waals surface area contributed by atoms with Gasteiger partial charge in [-0.1, -0.05) is 59.3 Å². The van der Waals surface area contributed by atoms with Crippen LogP contribution in [0.25, 0.3) is 6.08 Å². The first-order valence-corrected chi connectivity index (χ1v) is 13.5. The Labute approximate surface area is 232 Å². The molecule has 0 saturated carbocycles. The van der Waals surface area contributed by atoms with Gasteiger partial charge in [0.25, 0.3) is 5.56 Å². The van der Waals surface area contributed by atoms with Crippen LogP contribution in [0.2, 0.25) is 5.02 Å². The number of rotatable bonds is 7. The van der Waals surface area contributed by atoms with Crippen LogP contribution >= 0.6 is 22.9 Å². The number of carbonyl (C=O) groups is 1. The summed E-state index contributed by atoms with van der Waals surface area (Å²) >= 11 is 7.26. The van der Waals surface area contributed by atoms with Crippen molar-refractivity contribution in [3.05, 3.63) is 131 Å². The van der Waals surface area contributed by atoms with Gasteiger partial charge >= 0.3 is 5.97 Å². The van der Waals surface area contributed by atoms with Crippen LogP contribution in [-0.2, 0) is 16.1 Å². The zero-order chi connectivity index (χ0) is 27.5. The third-order valence-electron chi connectivity index (χ3n) is 6.18. The van der Waals surface area contributed by atoms with Gasteiger partial charge in [0.05, 0.1) is 28.5 Å². The van der Waals surface area contributed by atoms with Gasteiger partial charge in [-0.25, -0.2) is 14.2 Å². The molecule has 1 aliphatic rings. The number of ether oxygens (including phenoxy) is 2. The molecule has 0 bridgehead atoms. The van der Waals surface area contributed by atoms with E-state index in [1.54, 1.807) is 32.1 Å². The zero-order valence-electron chi connectivity index (χ0n) is 21.2. The summed E-state index contributed by atoms with van der Waals surface area (Å²) < 4.78 is 26.8. The van der Waals surface area contributed by atoms with E-state index in [9.17, 15) is 14.0 Å². The van der Waals surface area contributed by atoms with Gasteiger partial charge in [0.1, 0.15) is 18.2 Å². The summed E-state index contributed by atoms with van der Waals surface area (Å²) in [6.45, 7) is 3.98. The molecule has 198 valence electrons. The minimum atomic E-state index is -0.787. The number of benzene rings is 3. The lowest BCUT2D eigenvalue weighted by Crippen LogP contribution is -2.39. The molecule has 5 rings (SSSR count). The highest BCUT2D eigenvalue weighted by Crippen LogP contribution is 2.30. The number of carbonyl (C=O) groups excluding carboxylic acids is 1. The summed E-state index contributed by atoms with van der Waals surface area (Å²) in [7, 11) is 0. The zero-order valence-corrected chi connectivity index (χ0v) is 22.8. The number of fused-ring (bicyclic) bond motifs is 1. The molecule has 4 aromatic rings. The molecule has 1 aromatic heterocycles. The minimum absolute atomic E-state index is 0.176. The second kappa shape index (κ2) is 11.4. The van der Waals surface area contributed by atoms with E-state index in [2.05, 4.69) is 4.99 Å². The van der Waals surface area contributed by atoms with Crippen LogP contribution < -0.4 is 19.6 Å². The van der Waals surface area contributed by atoms with Gasteiger partial charge in [0, 0.05) is 5.02 Å². The highest BCUT2D eigenvalue weighted by molar-refractivity contribution is 7.07. The molecule has 0 aliphatic carbocycles. The van der Waals surface area contributed by atoms with Crippen LogP contribution in [-0.4, -0.2) is 17.1 Å². The van der Waals surface area contributed by atoms with Crippen molar-refractivity contribution in [3.8, 4) is 5.75 Å². The third-order valence-corrected chi connectivity index (χ3v) is 7.39. The van der Waals surface area contributed by atoms with Crippen molar-refractivity contribution < 1.29 is 18.7 Å². The molecule has 0 spiro atoms. The van der Waals surface area contributed by atoms with Gasteiger partial charge in [0.2, 0.25) is 0 Å². The molecule has 0 unspecified atom stereocenters. The maximum atomic E-state index is 13.7. The molecule has 1 atom stereocenters. The average molecular weight is 563 g/mol. The molecule has 39 heavy (non-hydrogen) atoms. The van der Waals surface area contributed by atoms with Gasteiger partial charge in [-0.3, -0.25) is 9.36 Å². The van der Waals surface area contributed by atoms with E-state index in [1.165, 1.54) is 28.0 Å². The van der Waals surface area contributed by atoms with Crippen LogP contribution in [0.3, 0.4) is 0 Å². The quantitative estimate of drug-likeness (QED) is 0.291. The Kier molecular flexibility index (Phi) is 7.77. The van der Waals surface area contributed by atoms with Crippen molar-refractivity contribution >= 4 is 35.0 Å². The van der Waals surface area contributed by atoms with Crippen molar-refractivity contribution in [2.75, 3.05) is 6.61 Å². The van der Waals surface area contributed by atoms with E-state index in [-0.39, 0.29) is 17.7 Å². The molecular weight excluding hydrogens is 539 g/mol. The number of hydrogen-bond donors (Lipinski definition) is 0. The number of aromatic nitrogens is 1. The molecule has 9 heteroatoms. The Bertz CT molecular complexity index is 1740. The molecule has 3 aromatic carbocycles. The van der Waals surface area contributed by atoms with Crippen LogP contribution in [0.1, 0.15) is 36.6 Å². The minimum Gasteiger partial charge on any atom is -0.489 e. The number of hydrogen-bond acceptors (Lipinski definition) is 6. The first kappa shape index (κ1) is 26.6. The molecule has 6 nitrogen and oxygen atoms in total. The lowest BCUT2D eigenvalue weighted by Gasteiger charge is -2.24. The monoisotopic (exact) mass is 562 g/mol. The van der Waals surface area contributed by atoms with Gasteiger partial charge in [-0.15, -0.1) is 0 Å².